The lowest BCUT2D eigenvalue weighted by Crippen LogP contribution is -2.46. The van der Waals surface area contributed by atoms with E-state index in [0.717, 1.165) is 25.7 Å². The molecule has 0 aliphatic heterocycles. The minimum Gasteiger partial charge on any atom is -0.394 e. The second kappa shape index (κ2) is 39.6. The molecule has 0 fully saturated rings. The van der Waals surface area contributed by atoms with E-state index in [9.17, 15) is 20.1 Å². The average molecular weight is 692 g/mol. The Labute approximate surface area is 305 Å². The van der Waals surface area contributed by atoms with E-state index in [2.05, 4.69) is 43.5 Å². The normalized spacial score (nSPS) is 13.8. The molecule has 5 heteroatoms. The number of rotatable bonds is 39. The molecule has 3 unspecified atom stereocenters. The molecule has 290 valence electrons. The SMILES string of the molecule is CCCCC/C=C\C=C/CCCCCCCCCCC(O)CC(=O)NC(CO)C(O)CCCCCCCCCCCCCCCCCCC. The molecule has 4 N–H and O–H groups in total. The zero-order chi connectivity index (χ0) is 35.9. The third kappa shape index (κ3) is 36.4. The molecule has 1 amide bonds. The van der Waals surface area contributed by atoms with Crippen LogP contribution >= 0.6 is 0 Å². The summed E-state index contributed by atoms with van der Waals surface area (Å²) in [5.41, 5.74) is 0. The van der Waals surface area contributed by atoms with E-state index in [1.54, 1.807) is 0 Å². The van der Waals surface area contributed by atoms with Crippen molar-refractivity contribution in [3.8, 4) is 0 Å². The molecule has 0 spiro atoms. The summed E-state index contributed by atoms with van der Waals surface area (Å²) in [7, 11) is 0. The molecule has 0 aromatic heterocycles. The topological polar surface area (TPSA) is 89.8 Å². The van der Waals surface area contributed by atoms with Gasteiger partial charge in [0, 0.05) is 0 Å². The van der Waals surface area contributed by atoms with Crippen LogP contribution in [0.25, 0.3) is 0 Å². The fraction of sp³-hybridized carbons (Fsp3) is 0.886. The molecule has 0 saturated heterocycles. The number of allylic oxidation sites excluding steroid dienone is 4. The summed E-state index contributed by atoms with van der Waals surface area (Å²) in [6, 6.07) is -0.658. The molecule has 3 atom stereocenters. The Balaban J connectivity index is 3.63. The van der Waals surface area contributed by atoms with E-state index < -0.39 is 18.2 Å². The van der Waals surface area contributed by atoms with Gasteiger partial charge in [-0.3, -0.25) is 4.79 Å². The molecule has 49 heavy (non-hydrogen) atoms. The summed E-state index contributed by atoms with van der Waals surface area (Å²) in [5.74, 6) is -0.286. The van der Waals surface area contributed by atoms with E-state index in [1.165, 1.54) is 167 Å². The lowest BCUT2D eigenvalue weighted by Gasteiger charge is -2.23. The Morgan fingerprint density at radius 1 is 0.510 bits per heavy atom. The maximum atomic E-state index is 12.4. The van der Waals surface area contributed by atoms with Crippen molar-refractivity contribution in [3.63, 3.8) is 0 Å². The van der Waals surface area contributed by atoms with Gasteiger partial charge in [-0.15, -0.1) is 0 Å². The summed E-state index contributed by atoms with van der Waals surface area (Å²) in [5, 5.41) is 33.4. The molecule has 0 aliphatic carbocycles. The van der Waals surface area contributed by atoms with Crippen LogP contribution in [-0.2, 0) is 4.79 Å². The molecular weight excluding hydrogens is 606 g/mol. The number of carbonyl (C=O) groups excluding carboxylic acids is 1. The Morgan fingerprint density at radius 3 is 1.29 bits per heavy atom. The average Bonchev–Trinajstić information content (AvgIpc) is 3.09. The first-order valence-electron chi connectivity index (χ1n) is 21.6. The van der Waals surface area contributed by atoms with Gasteiger partial charge >= 0.3 is 0 Å². The largest absolute Gasteiger partial charge is 0.394 e. The van der Waals surface area contributed by atoms with E-state index in [0.29, 0.717) is 12.8 Å². The van der Waals surface area contributed by atoms with Crippen molar-refractivity contribution in [2.24, 2.45) is 0 Å². The van der Waals surface area contributed by atoms with Crippen molar-refractivity contribution in [1.82, 2.24) is 5.32 Å². The van der Waals surface area contributed by atoms with Crippen LogP contribution in [-0.4, -0.2) is 46.1 Å². The Kier molecular flexibility index (Phi) is 38.7. The first-order valence-corrected chi connectivity index (χ1v) is 21.6. The van der Waals surface area contributed by atoms with Crippen LogP contribution < -0.4 is 5.32 Å². The molecule has 0 rings (SSSR count). The van der Waals surface area contributed by atoms with Crippen molar-refractivity contribution in [1.29, 1.82) is 0 Å². The molecule has 0 aromatic rings. The number of hydrogen-bond donors (Lipinski definition) is 4. The summed E-state index contributed by atoms with van der Waals surface area (Å²) in [6.07, 6.45) is 47.0. The smallest absolute Gasteiger partial charge is 0.222 e. The highest BCUT2D eigenvalue weighted by atomic mass is 16.3. The highest BCUT2D eigenvalue weighted by Crippen LogP contribution is 2.16. The molecule has 0 heterocycles. The van der Waals surface area contributed by atoms with Gasteiger partial charge in [0.05, 0.1) is 31.3 Å². The fourth-order valence-corrected chi connectivity index (χ4v) is 6.69. The molecule has 0 aliphatic rings. The third-order valence-electron chi connectivity index (χ3n) is 10.0. The molecule has 0 saturated carbocycles. The van der Waals surface area contributed by atoms with E-state index in [4.69, 9.17) is 0 Å². The number of hydrogen-bond acceptors (Lipinski definition) is 4. The van der Waals surface area contributed by atoms with Crippen LogP contribution in [0, 0.1) is 0 Å². The first kappa shape index (κ1) is 47.8. The van der Waals surface area contributed by atoms with Crippen molar-refractivity contribution in [3.05, 3.63) is 24.3 Å². The second-order valence-corrected chi connectivity index (χ2v) is 15.0. The molecule has 0 bridgehead atoms. The minimum absolute atomic E-state index is 0.0332. The monoisotopic (exact) mass is 692 g/mol. The van der Waals surface area contributed by atoms with Crippen molar-refractivity contribution >= 4 is 5.91 Å². The maximum absolute atomic E-state index is 12.4. The lowest BCUT2D eigenvalue weighted by molar-refractivity contribution is -0.125. The predicted octanol–water partition coefficient (Wildman–Crippen LogP) is 12.2. The second-order valence-electron chi connectivity index (χ2n) is 15.0. The molecular formula is C44H85NO4. The van der Waals surface area contributed by atoms with Crippen LogP contribution in [0.3, 0.4) is 0 Å². The van der Waals surface area contributed by atoms with Gasteiger partial charge in [-0.1, -0.05) is 205 Å². The predicted molar refractivity (Wildman–Crippen MR) is 213 cm³/mol. The summed E-state index contributed by atoms with van der Waals surface area (Å²) in [6.45, 7) is 4.24. The van der Waals surface area contributed by atoms with Crippen LogP contribution in [0.2, 0.25) is 0 Å². The van der Waals surface area contributed by atoms with Gasteiger partial charge in [-0.2, -0.15) is 0 Å². The molecule has 0 radical (unpaired) electrons. The highest BCUT2D eigenvalue weighted by molar-refractivity contribution is 5.76. The van der Waals surface area contributed by atoms with Crippen LogP contribution in [0.5, 0.6) is 0 Å². The van der Waals surface area contributed by atoms with Gasteiger partial charge in [-0.05, 0) is 38.5 Å². The van der Waals surface area contributed by atoms with E-state index >= 15 is 0 Å². The Morgan fingerprint density at radius 2 is 0.857 bits per heavy atom. The van der Waals surface area contributed by atoms with Gasteiger partial charge in [-0.25, -0.2) is 0 Å². The Hall–Kier alpha value is -1.17. The van der Waals surface area contributed by atoms with Gasteiger partial charge in [0.1, 0.15) is 0 Å². The zero-order valence-electron chi connectivity index (χ0n) is 32.8. The number of unbranched alkanes of at least 4 members (excludes halogenated alkanes) is 27. The minimum atomic E-state index is -0.749. The molecule has 5 nitrogen and oxygen atoms in total. The number of carbonyl (C=O) groups is 1. The summed E-state index contributed by atoms with van der Waals surface area (Å²) in [4.78, 5) is 12.4. The summed E-state index contributed by atoms with van der Waals surface area (Å²) < 4.78 is 0. The number of aliphatic hydroxyl groups is 3. The maximum Gasteiger partial charge on any atom is 0.222 e. The van der Waals surface area contributed by atoms with Crippen molar-refractivity contribution in [2.45, 2.75) is 244 Å². The Bertz CT molecular complexity index is 724. The standard InChI is InChI=1S/C44H85NO4/c1-3-5-7-9-11-13-15-17-19-21-23-25-27-29-31-33-35-37-41(47)39-44(49)45-42(40-46)43(48)38-36-34-32-30-28-26-24-22-20-18-16-14-12-10-8-6-4-2/h11,13,15,17,41-43,46-48H,3-10,12,14,16,18-40H2,1-2H3,(H,45,49)/b13-11-,17-15-. The van der Waals surface area contributed by atoms with E-state index in [1.807, 2.05) is 0 Å². The zero-order valence-corrected chi connectivity index (χ0v) is 32.8. The van der Waals surface area contributed by atoms with Gasteiger partial charge in [0.25, 0.3) is 0 Å². The number of nitrogens with one attached hydrogen (secondary N) is 1. The third-order valence-corrected chi connectivity index (χ3v) is 10.0. The van der Waals surface area contributed by atoms with Gasteiger partial charge < -0.3 is 20.6 Å². The lowest BCUT2D eigenvalue weighted by atomic mass is 10.0. The highest BCUT2D eigenvalue weighted by Gasteiger charge is 2.21. The van der Waals surface area contributed by atoms with Crippen molar-refractivity contribution < 1.29 is 20.1 Å². The van der Waals surface area contributed by atoms with E-state index in [-0.39, 0.29) is 18.9 Å². The van der Waals surface area contributed by atoms with Gasteiger partial charge in [0.2, 0.25) is 5.91 Å². The quantitative estimate of drug-likeness (QED) is 0.0381. The van der Waals surface area contributed by atoms with Crippen LogP contribution in [0.4, 0.5) is 0 Å². The molecule has 0 aromatic carbocycles. The first-order chi connectivity index (χ1) is 24.0. The van der Waals surface area contributed by atoms with Gasteiger partial charge in [0.15, 0.2) is 0 Å². The van der Waals surface area contributed by atoms with Crippen molar-refractivity contribution in [2.75, 3.05) is 6.61 Å². The fourth-order valence-electron chi connectivity index (χ4n) is 6.69. The summed E-state index contributed by atoms with van der Waals surface area (Å²) >= 11 is 0. The van der Waals surface area contributed by atoms with Crippen LogP contribution in [0.15, 0.2) is 24.3 Å². The number of aliphatic hydroxyl groups excluding tert-OH is 3. The van der Waals surface area contributed by atoms with Crippen LogP contribution in [0.1, 0.15) is 226 Å². The number of amides is 1.